The van der Waals surface area contributed by atoms with Gasteiger partial charge in [-0.15, -0.1) is 0 Å². The summed E-state index contributed by atoms with van der Waals surface area (Å²) >= 11 is 0. The molecule has 3 heteroatoms. The van der Waals surface area contributed by atoms with Crippen LogP contribution < -0.4 is 11.1 Å². The molecule has 3 N–H and O–H groups in total. The van der Waals surface area contributed by atoms with Crippen molar-refractivity contribution < 1.29 is 4.79 Å². The fraction of sp³-hybridized carbons (Fsp3) is 0.938. The van der Waals surface area contributed by atoms with Crippen LogP contribution in [0.5, 0.6) is 0 Å². The monoisotopic (exact) mass is 266 g/mol. The molecule has 2 rings (SSSR count). The van der Waals surface area contributed by atoms with Gasteiger partial charge < -0.3 is 11.1 Å². The molecule has 2 saturated carbocycles. The van der Waals surface area contributed by atoms with Crippen molar-refractivity contribution in [3.05, 3.63) is 0 Å². The Bertz CT molecular complexity index is 305. The molecule has 5 unspecified atom stereocenters. The van der Waals surface area contributed by atoms with Crippen LogP contribution in [0.1, 0.15) is 65.2 Å². The van der Waals surface area contributed by atoms with Gasteiger partial charge in [0, 0.05) is 12.1 Å². The van der Waals surface area contributed by atoms with Crippen molar-refractivity contribution in [2.45, 2.75) is 77.3 Å². The van der Waals surface area contributed by atoms with Crippen LogP contribution in [0.25, 0.3) is 0 Å². The van der Waals surface area contributed by atoms with Crippen LogP contribution in [0.3, 0.4) is 0 Å². The van der Waals surface area contributed by atoms with Gasteiger partial charge in [0.15, 0.2) is 0 Å². The van der Waals surface area contributed by atoms with E-state index in [9.17, 15) is 4.79 Å². The Morgan fingerprint density at radius 1 is 1.21 bits per heavy atom. The Morgan fingerprint density at radius 3 is 2.68 bits per heavy atom. The third kappa shape index (κ3) is 3.71. The maximum Gasteiger partial charge on any atom is 0.224 e. The molecule has 5 atom stereocenters. The Balaban J connectivity index is 1.91. The maximum absolute atomic E-state index is 12.5. The third-order valence-corrected chi connectivity index (χ3v) is 5.26. The molecule has 2 fully saturated rings. The van der Waals surface area contributed by atoms with Crippen LogP contribution in [0.2, 0.25) is 0 Å². The van der Waals surface area contributed by atoms with Crippen LogP contribution in [0.15, 0.2) is 0 Å². The van der Waals surface area contributed by atoms with Gasteiger partial charge in [-0.05, 0) is 43.9 Å². The second-order valence-corrected chi connectivity index (χ2v) is 6.76. The van der Waals surface area contributed by atoms with Crippen LogP contribution in [0.4, 0.5) is 0 Å². The summed E-state index contributed by atoms with van der Waals surface area (Å²) in [6, 6.07) is 0.468. The molecule has 2 aliphatic rings. The van der Waals surface area contributed by atoms with Gasteiger partial charge >= 0.3 is 0 Å². The summed E-state index contributed by atoms with van der Waals surface area (Å²) in [6.07, 6.45) is 9.33. The molecule has 0 bridgehead atoms. The summed E-state index contributed by atoms with van der Waals surface area (Å²) in [5.74, 6) is 1.59. The minimum Gasteiger partial charge on any atom is -0.353 e. The number of carbonyl (C=O) groups excluding carboxylic acids is 1. The average molecular weight is 266 g/mol. The minimum absolute atomic E-state index is 0.0446. The zero-order chi connectivity index (χ0) is 13.8. The van der Waals surface area contributed by atoms with Crippen molar-refractivity contribution in [1.29, 1.82) is 0 Å². The Labute approximate surface area is 117 Å². The van der Waals surface area contributed by atoms with Gasteiger partial charge in [0.05, 0.1) is 5.92 Å². The van der Waals surface area contributed by atoms with Gasteiger partial charge in [-0.25, -0.2) is 0 Å². The number of hydrogen-bond donors (Lipinski definition) is 2. The number of nitrogens with two attached hydrogens (primary N) is 1. The van der Waals surface area contributed by atoms with E-state index < -0.39 is 0 Å². The van der Waals surface area contributed by atoms with E-state index in [-0.39, 0.29) is 17.9 Å². The van der Waals surface area contributed by atoms with Crippen LogP contribution in [-0.2, 0) is 4.79 Å². The maximum atomic E-state index is 12.5. The molecule has 0 aromatic carbocycles. The Kier molecular flexibility index (Phi) is 5.26. The van der Waals surface area contributed by atoms with E-state index in [1.807, 2.05) is 0 Å². The molecule has 0 aliphatic heterocycles. The van der Waals surface area contributed by atoms with Crippen molar-refractivity contribution >= 4 is 5.91 Å². The number of rotatable bonds is 3. The largest absolute Gasteiger partial charge is 0.353 e. The van der Waals surface area contributed by atoms with Crippen LogP contribution in [-0.4, -0.2) is 18.0 Å². The normalized spacial score (nSPS) is 39.8. The fourth-order valence-electron chi connectivity index (χ4n) is 3.88. The van der Waals surface area contributed by atoms with Crippen molar-refractivity contribution in [2.75, 3.05) is 0 Å². The molecule has 0 radical (unpaired) electrons. The summed E-state index contributed by atoms with van der Waals surface area (Å²) in [6.45, 7) is 4.48. The molecular weight excluding hydrogens is 236 g/mol. The first kappa shape index (κ1) is 14.8. The fourth-order valence-corrected chi connectivity index (χ4v) is 3.88. The van der Waals surface area contributed by atoms with Crippen molar-refractivity contribution in [1.82, 2.24) is 5.32 Å². The molecule has 110 valence electrons. The quantitative estimate of drug-likeness (QED) is 0.825. The molecule has 0 saturated heterocycles. The van der Waals surface area contributed by atoms with Crippen LogP contribution in [0, 0.1) is 17.8 Å². The van der Waals surface area contributed by atoms with Crippen molar-refractivity contribution in [3.8, 4) is 0 Å². The SMILES string of the molecule is CCC1CCCCC1NC(=O)C1CC(C)CCC1N. The molecule has 19 heavy (non-hydrogen) atoms. The first-order chi connectivity index (χ1) is 9.11. The third-order valence-electron chi connectivity index (χ3n) is 5.26. The smallest absolute Gasteiger partial charge is 0.224 e. The topological polar surface area (TPSA) is 55.1 Å². The molecule has 0 spiro atoms. The number of nitrogens with one attached hydrogen (secondary N) is 1. The van der Waals surface area contributed by atoms with Crippen molar-refractivity contribution in [3.63, 3.8) is 0 Å². The highest BCUT2D eigenvalue weighted by Gasteiger charge is 2.34. The van der Waals surface area contributed by atoms with Gasteiger partial charge in [-0.3, -0.25) is 4.79 Å². The summed E-state index contributed by atoms with van der Waals surface area (Å²) < 4.78 is 0. The molecule has 0 aromatic heterocycles. The lowest BCUT2D eigenvalue weighted by atomic mass is 9.77. The Morgan fingerprint density at radius 2 is 1.95 bits per heavy atom. The summed E-state index contributed by atoms with van der Waals surface area (Å²) in [5.41, 5.74) is 6.15. The van der Waals surface area contributed by atoms with E-state index in [0.29, 0.717) is 17.9 Å². The zero-order valence-corrected chi connectivity index (χ0v) is 12.5. The Hall–Kier alpha value is -0.570. The summed E-state index contributed by atoms with van der Waals surface area (Å²) in [7, 11) is 0. The van der Waals surface area contributed by atoms with E-state index in [2.05, 4.69) is 19.2 Å². The lowest BCUT2D eigenvalue weighted by molar-refractivity contribution is -0.128. The molecule has 0 aromatic rings. The lowest BCUT2D eigenvalue weighted by Gasteiger charge is -2.36. The summed E-state index contributed by atoms with van der Waals surface area (Å²) in [5, 5.41) is 3.32. The molecule has 2 aliphatic carbocycles. The van der Waals surface area contributed by atoms with E-state index >= 15 is 0 Å². The van der Waals surface area contributed by atoms with Gasteiger partial charge in [0.1, 0.15) is 0 Å². The van der Waals surface area contributed by atoms with Gasteiger partial charge in [-0.2, -0.15) is 0 Å². The highest BCUT2D eigenvalue weighted by molar-refractivity contribution is 5.79. The van der Waals surface area contributed by atoms with E-state index in [0.717, 1.165) is 19.3 Å². The molecule has 3 nitrogen and oxygen atoms in total. The average Bonchev–Trinajstić information content (AvgIpc) is 2.42. The first-order valence-electron chi connectivity index (χ1n) is 8.17. The predicted molar refractivity (Wildman–Crippen MR) is 78.7 cm³/mol. The standard InChI is InChI=1S/C16H30N2O/c1-3-12-6-4-5-7-15(12)18-16(19)13-10-11(2)8-9-14(13)17/h11-15H,3-10,17H2,1-2H3,(H,18,19). The van der Waals surface area contributed by atoms with Gasteiger partial charge in [0.2, 0.25) is 5.91 Å². The highest BCUT2D eigenvalue weighted by atomic mass is 16.2. The highest BCUT2D eigenvalue weighted by Crippen LogP contribution is 2.30. The van der Waals surface area contributed by atoms with Crippen molar-refractivity contribution in [2.24, 2.45) is 23.5 Å². The van der Waals surface area contributed by atoms with E-state index in [1.165, 1.54) is 32.1 Å². The molecule has 0 heterocycles. The predicted octanol–water partition coefficient (Wildman–Crippen LogP) is 2.83. The number of hydrogen-bond acceptors (Lipinski definition) is 2. The molecule has 1 amide bonds. The lowest BCUT2D eigenvalue weighted by Crippen LogP contribution is -2.50. The van der Waals surface area contributed by atoms with Crippen LogP contribution >= 0.6 is 0 Å². The zero-order valence-electron chi connectivity index (χ0n) is 12.5. The van der Waals surface area contributed by atoms with E-state index in [4.69, 9.17) is 5.73 Å². The minimum atomic E-state index is 0.0446. The molecular formula is C16H30N2O. The van der Waals surface area contributed by atoms with Gasteiger partial charge in [-0.1, -0.05) is 33.1 Å². The second-order valence-electron chi connectivity index (χ2n) is 6.76. The number of carbonyl (C=O) groups is 1. The number of amides is 1. The van der Waals surface area contributed by atoms with Gasteiger partial charge in [0.25, 0.3) is 0 Å². The second kappa shape index (κ2) is 6.74. The summed E-state index contributed by atoms with van der Waals surface area (Å²) in [4.78, 5) is 12.5. The first-order valence-corrected chi connectivity index (χ1v) is 8.17. The van der Waals surface area contributed by atoms with E-state index in [1.54, 1.807) is 0 Å².